The lowest BCUT2D eigenvalue weighted by atomic mass is 10.2. The summed E-state index contributed by atoms with van der Waals surface area (Å²) >= 11 is 0. The third kappa shape index (κ3) is 0.983. The molecular formula is C8H13N3O. The van der Waals surface area contributed by atoms with Crippen LogP contribution in [0.3, 0.4) is 0 Å². The number of hydrogen-bond acceptors (Lipinski definition) is 2. The van der Waals surface area contributed by atoms with Crippen LogP contribution in [0.4, 0.5) is 4.79 Å². The van der Waals surface area contributed by atoms with Gasteiger partial charge in [-0.2, -0.15) is 0 Å². The molecule has 2 amide bonds. The highest BCUT2D eigenvalue weighted by molar-refractivity contribution is 6.05. The number of carbonyl (C=O) groups is 1. The highest BCUT2D eigenvalue weighted by atomic mass is 16.2. The second-order valence-corrected chi connectivity index (χ2v) is 3.41. The summed E-state index contributed by atoms with van der Waals surface area (Å²) in [6, 6.07) is 0.358. The molecule has 1 saturated heterocycles. The van der Waals surface area contributed by atoms with Crippen LogP contribution < -0.4 is 5.32 Å². The zero-order valence-corrected chi connectivity index (χ0v) is 7.13. The van der Waals surface area contributed by atoms with Crippen LogP contribution in [0.15, 0.2) is 0 Å². The van der Waals surface area contributed by atoms with Gasteiger partial charge in [0.05, 0.1) is 6.04 Å². The molecule has 12 heavy (non-hydrogen) atoms. The van der Waals surface area contributed by atoms with Crippen molar-refractivity contribution in [3.05, 3.63) is 0 Å². The van der Waals surface area contributed by atoms with Crippen LogP contribution in [0, 0.1) is 5.41 Å². The van der Waals surface area contributed by atoms with Gasteiger partial charge >= 0.3 is 6.03 Å². The molecule has 4 heteroatoms. The van der Waals surface area contributed by atoms with Crippen molar-refractivity contribution >= 4 is 11.9 Å². The summed E-state index contributed by atoms with van der Waals surface area (Å²) in [5, 5.41) is 10.1. The monoisotopic (exact) mass is 167 g/mol. The second-order valence-electron chi connectivity index (χ2n) is 3.41. The summed E-state index contributed by atoms with van der Waals surface area (Å²) in [6.45, 7) is 2.01. The third-order valence-electron chi connectivity index (χ3n) is 2.47. The third-order valence-corrected chi connectivity index (χ3v) is 2.47. The molecule has 66 valence electrons. The molecule has 0 aromatic rings. The summed E-state index contributed by atoms with van der Waals surface area (Å²) in [4.78, 5) is 13.1. The molecule has 2 aliphatic rings. The van der Waals surface area contributed by atoms with Gasteiger partial charge in [-0.15, -0.1) is 0 Å². The second kappa shape index (κ2) is 2.47. The molecule has 2 N–H and O–H groups in total. The van der Waals surface area contributed by atoms with Crippen molar-refractivity contribution in [2.24, 2.45) is 0 Å². The highest BCUT2D eigenvalue weighted by Gasteiger charge is 2.43. The first-order chi connectivity index (χ1) is 5.74. The fraction of sp³-hybridized carbons (Fsp3) is 0.750. The van der Waals surface area contributed by atoms with Crippen LogP contribution in [0.5, 0.6) is 0 Å². The summed E-state index contributed by atoms with van der Waals surface area (Å²) < 4.78 is 0. The van der Waals surface area contributed by atoms with E-state index in [-0.39, 0.29) is 12.1 Å². The Morgan fingerprint density at radius 1 is 1.67 bits per heavy atom. The summed E-state index contributed by atoms with van der Waals surface area (Å²) in [6.07, 6.45) is 3.06. The van der Waals surface area contributed by atoms with Crippen molar-refractivity contribution < 1.29 is 4.79 Å². The maximum Gasteiger partial charge on any atom is 0.323 e. The molecule has 4 nitrogen and oxygen atoms in total. The van der Waals surface area contributed by atoms with E-state index in [1.807, 2.05) is 11.8 Å². The standard InChI is InChI=1S/C8H13N3O/c1-2-6-7(9)10-8(12)11(6)5-3-4-5/h5-6H,2-4H2,1H3,(H2,9,10,12). The fourth-order valence-electron chi connectivity index (χ4n) is 1.72. The molecule has 2 fully saturated rings. The van der Waals surface area contributed by atoms with Gasteiger partial charge in [0, 0.05) is 6.04 Å². The van der Waals surface area contributed by atoms with E-state index >= 15 is 0 Å². The smallest absolute Gasteiger partial charge is 0.311 e. The minimum atomic E-state index is -0.0747. The molecule has 0 aromatic carbocycles. The molecule has 1 heterocycles. The first-order valence-corrected chi connectivity index (χ1v) is 4.41. The number of nitrogens with zero attached hydrogens (tertiary/aromatic N) is 1. The number of amidine groups is 1. The van der Waals surface area contributed by atoms with E-state index < -0.39 is 0 Å². The van der Waals surface area contributed by atoms with Crippen molar-refractivity contribution in [2.75, 3.05) is 0 Å². The van der Waals surface area contributed by atoms with E-state index in [0.29, 0.717) is 11.9 Å². The number of rotatable bonds is 2. The number of urea groups is 1. The van der Waals surface area contributed by atoms with Gasteiger partial charge in [-0.05, 0) is 19.3 Å². The summed E-state index contributed by atoms with van der Waals surface area (Å²) in [5.41, 5.74) is 0. The van der Waals surface area contributed by atoms with E-state index in [2.05, 4.69) is 5.32 Å². The minimum Gasteiger partial charge on any atom is -0.311 e. The average molecular weight is 167 g/mol. The number of amides is 2. The Hall–Kier alpha value is -1.06. The number of nitrogens with one attached hydrogen (secondary N) is 2. The van der Waals surface area contributed by atoms with Crippen LogP contribution in [0.1, 0.15) is 26.2 Å². The van der Waals surface area contributed by atoms with Gasteiger partial charge in [-0.3, -0.25) is 10.7 Å². The first-order valence-electron chi connectivity index (χ1n) is 4.41. The summed E-state index contributed by atoms with van der Waals surface area (Å²) in [7, 11) is 0. The normalized spacial score (nSPS) is 29.4. The van der Waals surface area contributed by atoms with Crippen molar-refractivity contribution in [1.82, 2.24) is 10.2 Å². The molecule has 0 aromatic heterocycles. The van der Waals surface area contributed by atoms with E-state index in [0.717, 1.165) is 19.3 Å². The largest absolute Gasteiger partial charge is 0.323 e. The number of carbonyl (C=O) groups excluding carboxylic acids is 1. The molecule has 1 unspecified atom stereocenters. The molecule has 1 atom stereocenters. The quantitative estimate of drug-likeness (QED) is 0.631. The molecule has 2 rings (SSSR count). The maximum atomic E-state index is 11.3. The molecule has 1 saturated carbocycles. The van der Waals surface area contributed by atoms with Gasteiger partial charge in [0.15, 0.2) is 0 Å². The topological polar surface area (TPSA) is 56.2 Å². The predicted octanol–water partition coefficient (Wildman–Crippen LogP) is 0.930. The van der Waals surface area contributed by atoms with Gasteiger partial charge in [0.1, 0.15) is 5.84 Å². The van der Waals surface area contributed by atoms with Gasteiger partial charge < -0.3 is 4.90 Å². The van der Waals surface area contributed by atoms with E-state index in [1.165, 1.54) is 0 Å². The van der Waals surface area contributed by atoms with Crippen LogP contribution in [0.25, 0.3) is 0 Å². The molecule has 0 bridgehead atoms. The lowest BCUT2D eigenvalue weighted by Crippen LogP contribution is -2.36. The first kappa shape index (κ1) is 7.58. The molecule has 0 radical (unpaired) electrons. The van der Waals surface area contributed by atoms with Crippen molar-refractivity contribution in [3.63, 3.8) is 0 Å². The summed E-state index contributed by atoms with van der Waals surface area (Å²) in [5.74, 6) is 0.370. The van der Waals surface area contributed by atoms with Crippen LogP contribution >= 0.6 is 0 Å². The average Bonchev–Trinajstić information content (AvgIpc) is 2.78. The Morgan fingerprint density at radius 3 is 2.83 bits per heavy atom. The molecular weight excluding hydrogens is 154 g/mol. The lowest BCUT2D eigenvalue weighted by Gasteiger charge is -2.20. The van der Waals surface area contributed by atoms with Crippen LogP contribution in [0.2, 0.25) is 0 Å². The van der Waals surface area contributed by atoms with E-state index in [4.69, 9.17) is 5.41 Å². The van der Waals surface area contributed by atoms with Gasteiger partial charge in [0.25, 0.3) is 0 Å². The van der Waals surface area contributed by atoms with Gasteiger partial charge in [-0.25, -0.2) is 4.79 Å². The van der Waals surface area contributed by atoms with Crippen LogP contribution in [-0.2, 0) is 0 Å². The minimum absolute atomic E-state index is 0.0185. The molecule has 0 spiro atoms. The van der Waals surface area contributed by atoms with Crippen LogP contribution in [-0.4, -0.2) is 28.9 Å². The maximum absolute atomic E-state index is 11.3. The predicted molar refractivity (Wildman–Crippen MR) is 45.2 cm³/mol. The van der Waals surface area contributed by atoms with Gasteiger partial charge in [0.2, 0.25) is 0 Å². The zero-order chi connectivity index (χ0) is 8.72. The van der Waals surface area contributed by atoms with Crippen molar-refractivity contribution in [3.8, 4) is 0 Å². The van der Waals surface area contributed by atoms with E-state index in [1.54, 1.807) is 0 Å². The Labute approximate surface area is 71.4 Å². The SMILES string of the molecule is CCC1C(=N)NC(=O)N1C1CC1. The Morgan fingerprint density at radius 2 is 2.33 bits per heavy atom. The van der Waals surface area contributed by atoms with Gasteiger partial charge in [-0.1, -0.05) is 6.92 Å². The molecule has 1 aliphatic carbocycles. The van der Waals surface area contributed by atoms with Crippen molar-refractivity contribution in [2.45, 2.75) is 38.3 Å². The highest BCUT2D eigenvalue weighted by Crippen LogP contribution is 2.31. The fourth-order valence-corrected chi connectivity index (χ4v) is 1.72. The Bertz CT molecular complexity index is 234. The van der Waals surface area contributed by atoms with E-state index in [9.17, 15) is 4.79 Å². The lowest BCUT2D eigenvalue weighted by molar-refractivity contribution is 0.201. The Balaban J connectivity index is 2.16. The number of hydrogen-bond donors (Lipinski definition) is 2. The zero-order valence-electron chi connectivity index (χ0n) is 7.13. The molecule has 1 aliphatic heterocycles. The Kier molecular flexibility index (Phi) is 1.56. The van der Waals surface area contributed by atoms with Crippen molar-refractivity contribution in [1.29, 1.82) is 5.41 Å².